The molecule has 264 valence electrons. The molecule has 4 nitrogen and oxygen atoms in total. The highest BCUT2D eigenvalue weighted by atomic mass is 14.8. The monoisotopic (exact) mass is 653 g/mol. The third kappa shape index (κ3) is 14.0. The Labute approximate surface area is 295 Å². The standard InChI is InChI=1S/C12H18.2C11H17N.C10H16N2/c1-9(2)11-7-5-6-8-12(11)10(3)4;1-8(2)10-5-6-12-7-11(10)9(3)4;1-8(2)10-6-5-7-12-11(10)9(3)4;1-7(2)9-5-11-6-12-10(9)8(3)4/h5-10H,1-4H3;2*5-9H,1-4H3;5-8H,1-4H3. The Hall–Kier alpha value is -3.40. The van der Waals surface area contributed by atoms with Crippen LogP contribution in [0.25, 0.3) is 0 Å². The molecule has 0 fully saturated rings. The second-order valence-corrected chi connectivity index (χ2v) is 15.2. The summed E-state index contributed by atoms with van der Waals surface area (Å²) in [5.74, 6) is 4.59. The van der Waals surface area contributed by atoms with Crippen molar-refractivity contribution in [2.75, 3.05) is 0 Å². The van der Waals surface area contributed by atoms with Gasteiger partial charge in [0.25, 0.3) is 0 Å². The van der Waals surface area contributed by atoms with Gasteiger partial charge in [0.15, 0.2) is 0 Å². The molecule has 0 bridgehead atoms. The molecule has 4 heteroatoms. The lowest BCUT2D eigenvalue weighted by Crippen LogP contribution is -2.02. The van der Waals surface area contributed by atoms with Gasteiger partial charge in [0.05, 0.1) is 0 Å². The highest BCUT2D eigenvalue weighted by Crippen LogP contribution is 2.26. The van der Waals surface area contributed by atoms with Gasteiger partial charge in [0, 0.05) is 36.2 Å². The summed E-state index contributed by atoms with van der Waals surface area (Å²) in [6, 6.07) is 15.0. The number of aromatic nitrogens is 4. The average Bonchev–Trinajstić information content (AvgIpc) is 3.05. The van der Waals surface area contributed by atoms with E-state index in [0.717, 1.165) is 0 Å². The Morgan fingerprint density at radius 1 is 0.333 bits per heavy atom. The van der Waals surface area contributed by atoms with Crippen molar-refractivity contribution in [2.45, 2.75) is 158 Å². The van der Waals surface area contributed by atoms with Crippen molar-refractivity contribution in [1.29, 1.82) is 0 Å². The Balaban J connectivity index is 0.000000320. The first-order chi connectivity index (χ1) is 22.5. The minimum Gasteiger partial charge on any atom is -0.264 e. The summed E-state index contributed by atoms with van der Waals surface area (Å²) in [6.45, 7) is 35.3. The summed E-state index contributed by atoms with van der Waals surface area (Å²) < 4.78 is 0. The lowest BCUT2D eigenvalue weighted by molar-refractivity contribution is 0.746. The average molecular weight is 653 g/mol. The highest BCUT2D eigenvalue weighted by Gasteiger charge is 2.12. The van der Waals surface area contributed by atoms with E-state index in [4.69, 9.17) is 0 Å². The fraction of sp³-hybridized carbons (Fsp3) is 0.545. The van der Waals surface area contributed by atoms with E-state index in [-0.39, 0.29) is 0 Å². The van der Waals surface area contributed by atoms with Crippen molar-refractivity contribution < 1.29 is 0 Å². The summed E-state index contributed by atoms with van der Waals surface area (Å²) >= 11 is 0. The van der Waals surface area contributed by atoms with Gasteiger partial charge in [-0.15, -0.1) is 0 Å². The van der Waals surface area contributed by atoms with Crippen LogP contribution in [0, 0.1) is 0 Å². The molecular formula is C44H68N4. The van der Waals surface area contributed by atoms with E-state index in [0.29, 0.717) is 47.3 Å². The Morgan fingerprint density at radius 2 is 0.729 bits per heavy atom. The second-order valence-electron chi connectivity index (χ2n) is 15.2. The Bertz CT molecular complexity index is 1120. The third-order valence-corrected chi connectivity index (χ3v) is 8.35. The predicted molar refractivity (Wildman–Crippen MR) is 210 cm³/mol. The van der Waals surface area contributed by atoms with Crippen LogP contribution < -0.4 is 0 Å². The van der Waals surface area contributed by atoms with Gasteiger partial charge in [-0.3, -0.25) is 9.97 Å². The largest absolute Gasteiger partial charge is 0.264 e. The maximum atomic E-state index is 4.40. The molecule has 0 aliphatic rings. The van der Waals surface area contributed by atoms with Crippen molar-refractivity contribution >= 4 is 0 Å². The molecule has 0 saturated heterocycles. The minimum atomic E-state index is 0.491. The number of hydrogen-bond donors (Lipinski definition) is 0. The van der Waals surface area contributed by atoms with Crippen LogP contribution in [0.1, 0.15) is 203 Å². The second kappa shape index (κ2) is 21.5. The van der Waals surface area contributed by atoms with E-state index in [9.17, 15) is 0 Å². The van der Waals surface area contributed by atoms with Gasteiger partial charge < -0.3 is 0 Å². The van der Waals surface area contributed by atoms with E-state index in [2.05, 4.69) is 167 Å². The van der Waals surface area contributed by atoms with Gasteiger partial charge in [-0.25, -0.2) is 9.97 Å². The maximum absolute atomic E-state index is 4.40. The molecule has 0 saturated carbocycles. The van der Waals surface area contributed by atoms with Crippen LogP contribution in [0.15, 0.2) is 73.6 Å². The third-order valence-electron chi connectivity index (χ3n) is 8.35. The van der Waals surface area contributed by atoms with Crippen molar-refractivity contribution in [2.24, 2.45) is 0 Å². The van der Waals surface area contributed by atoms with E-state index < -0.39 is 0 Å². The zero-order chi connectivity index (χ0) is 36.6. The molecule has 48 heavy (non-hydrogen) atoms. The molecule has 1 aromatic carbocycles. The highest BCUT2D eigenvalue weighted by molar-refractivity contribution is 5.32. The number of nitrogens with zero attached hydrogens (tertiary/aromatic N) is 4. The van der Waals surface area contributed by atoms with Crippen LogP contribution in [-0.2, 0) is 0 Å². The van der Waals surface area contributed by atoms with Crippen LogP contribution in [0.2, 0.25) is 0 Å². The van der Waals surface area contributed by atoms with Gasteiger partial charge in [-0.1, -0.05) is 141 Å². The molecule has 0 radical (unpaired) electrons. The fourth-order valence-electron chi connectivity index (χ4n) is 5.67. The summed E-state index contributed by atoms with van der Waals surface area (Å²) in [6.07, 6.45) is 9.29. The fourth-order valence-corrected chi connectivity index (χ4v) is 5.67. The lowest BCUT2D eigenvalue weighted by Gasteiger charge is -2.14. The zero-order valence-electron chi connectivity index (χ0n) is 33.3. The molecule has 0 spiro atoms. The van der Waals surface area contributed by atoms with Crippen molar-refractivity contribution in [3.63, 3.8) is 0 Å². The topological polar surface area (TPSA) is 51.6 Å². The smallest absolute Gasteiger partial charge is 0.115 e. The number of rotatable bonds is 8. The molecule has 4 rings (SSSR count). The van der Waals surface area contributed by atoms with Crippen LogP contribution in [0.4, 0.5) is 0 Å². The molecule has 3 heterocycles. The summed E-state index contributed by atoms with van der Waals surface area (Å²) in [7, 11) is 0. The SMILES string of the molecule is CC(C)c1ccccc1C(C)C.CC(C)c1cccnc1C(C)C.CC(C)c1ccncc1C(C)C.CC(C)c1cncnc1C(C)C. The predicted octanol–water partition coefficient (Wildman–Crippen LogP) is 13.3. The summed E-state index contributed by atoms with van der Waals surface area (Å²) in [5, 5.41) is 0. The Morgan fingerprint density at radius 3 is 1.10 bits per heavy atom. The maximum Gasteiger partial charge on any atom is 0.115 e. The lowest BCUT2D eigenvalue weighted by atomic mass is 9.91. The van der Waals surface area contributed by atoms with Gasteiger partial charge in [-0.2, -0.15) is 0 Å². The molecule has 0 atom stereocenters. The first-order valence-electron chi connectivity index (χ1n) is 18.3. The molecule has 0 aliphatic carbocycles. The number of benzene rings is 1. The molecule has 0 unspecified atom stereocenters. The van der Waals surface area contributed by atoms with E-state index >= 15 is 0 Å². The van der Waals surface area contributed by atoms with Crippen LogP contribution >= 0.6 is 0 Å². The molecule has 3 aromatic heterocycles. The summed E-state index contributed by atoms with van der Waals surface area (Å²) in [5.41, 5.74) is 10.9. The quantitative estimate of drug-likeness (QED) is 0.190. The first kappa shape index (κ1) is 42.6. The van der Waals surface area contributed by atoms with Gasteiger partial charge in [0.1, 0.15) is 6.33 Å². The van der Waals surface area contributed by atoms with Crippen molar-refractivity contribution in [1.82, 2.24) is 19.9 Å². The van der Waals surface area contributed by atoms with Crippen LogP contribution in [-0.4, -0.2) is 19.9 Å². The molecule has 0 amide bonds. The van der Waals surface area contributed by atoms with Gasteiger partial charge in [0.2, 0.25) is 0 Å². The van der Waals surface area contributed by atoms with Crippen LogP contribution in [0.5, 0.6) is 0 Å². The van der Waals surface area contributed by atoms with E-state index in [1.165, 1.54) is 44.8 Å². The van der Waals surface area contributed by atoms with E-state index in [1.807, 2.05) is 30.9 Å². The van der Waals surface area contributed by atoms with Crippen LogP contribution in [0.3, 0.4) is 0 Å². The van der Waals surface area contributed by atoms with Gasteiger partial charge >= 0.3 is 0 Å². The molecule has 4 aromatic rings. The Kier molecular flexibility index (Phi) is 19.1. The number of pyridine rings is 2. The molecule has 0 aliphatic heterocycles. The molecular weight excluding hydrogens is 585 g/mol. The van der Waals surface area contributed by atoms with E-state index in [1.54, 1.807) is 6.33 Å². The van der Waals surface area contributed by atoms with Crippen molar-refractivity contribution in [3.05, 3.63) is 118 Å². The number of hydrogen-bond acceptors (Lipinski definition) is 4. The minimum absolute atomic E-state index is 0.491. The van der Waals surface area contributed by atoms with Crippen molar-refractivity contribution in [3.8, 4) is 0 Å². The summed E-state index contributed by atoms with van der Waals surface area (Å²) in [4.78, 5) is 16.9. The molecule has 0 N–H and O–H groups in total. The first-order valence-corrected chi connectivity index (χ1v) is 18.3. The van der Waals surface area contributed by atoms with Gasteiger partial charge in [-0.05, 0) is 92.9 Å². The normalized spacial score (nSPS) is 11.2. The zero-order valence-corrected chi connectivity index (χ0v) is 33.3.